The quantitative estimate of drug-likeness (QED) is 0.260. The van der Waals surface area contributed by atoms with E-state index < -0.39 is 0 Å². The Labute approximate surface area is 216 Å². The van der Waals surface area contributed by atoms with Gasteiger partial charge in [0, 0.05) is 28.7 Å². The molecule has 0 saturated carbocycles. The van der Waals surface area contributed by atoms with Crippen LogP contribution in [0.3, 0.4) is 0 Å². The van der Waals surface area contributed by atoms with Crippen molar-refractivity contribution in [2.45, 2.75) is 20.3 Å². The second-order valence-corrected chi connectivity index (χ2v) is 9.14. The Balaban J connectivity index is 1.68. The summed E-state index contributed by atoms with van der Waals surface area (Å²) in [5.41, 5.74) is 4.37. The standard InChI is InChI=1S/C29H31ClN4O2/c1-4-17-34(5-2)19-26(35)33(3)23-14-12-22(13-15-23)31-28(20-9-7-6-8-10-20)27-24-16-11-21(30)18-25(24)32-29(27)36/h6-16,18,32,36H,4-5,17,19H2,1-3H3. The van der Waals surface area contributed by atoms with Crippen LogP contribution in [0.4, 0.5) is 11.4 Å². The lowest BCUT2D eigenvalue weighted by Crippen LogP contribution is -2.38. The maximum absolute atomic E-state index is 12.8. The Morgan fingerprint density at radius 2 is 1.75 bits per heavy atom. The van der Waals surface area contributed by atoms with Gasteiger partial charge >= 0.3 is 0 Å². The minimum Gasteiger partial charge on any atom is -0.494 e. The number of carbonyl (C=O) groups is 1. The molecule has 0 bridgehead atoms. The molecule has 6 nitrogen and oxygen atoms in total. The van der Waals surface area contributed by atoms with Gasteiger partial charge in [-0.15, -0.1) is 0 Å². The van der Waals surface area contributed by atoms with Crippen molar-refractivity contribution >= 4 is 45.5 Å². The Hall–Kier alpha value is -3.61. The summed E-state index contributed by atoms with van der Waals surface area (Å²) >= 11 is 6.16. The predicted octanol–water partition coefficient (Wildman–Crippen LogP) is 6.39. The van der Waals surface area contributed by atoms with Crippen LogP contribution in [0.1, 0.15) is 31.4 Å². The number of nitrogens with one attached hydrogen (secondary N) is 1. The SMILES string of the molecule is CCCN(CC)CC(=O)N(C)c1ccc(N=C(c2ccccc2)c2c(O)[nH]c3cc(Cl)ccc23)cc1. The number of amides is 1. The molecule has 7 heteroatoms. The van der Waals surface area contributed by atoms with Crippen molar-refractivity contribution < 1.29 is 9.90 Å². The lowest BCUT2D eigenvalue weighted by Gasteiger charge is -2.23. The van der Waals surface area contributed by atoms with Crippen LogP contribution in [0, 0.1) is 0 Å². The second-order valence-electron chi connectivity index (χ2n) is 8.70. The normalized spacial score (nSPS) is 11.9. The molecule has 0 aliphatic rings. The molecule has 0 aliphatic heterocycles. The largest absolute Gasteiger partial charge is 0.494 e. The maximum atomic E-state index is 12.8. The Morgan fingerprint density at radius 3 is 2.42 bits per heavy atom. The number of anilines is 1. The number of H-pyrrole nitrogens is 1. The highest BCUT2D eigenvalue weighted by atomic mass is 35.5. The van der Waals surface area contributed by atoms with Gasteiger partial charge < -0.3 is 15.0 Å². The van der Waals surface area contributed by atoms with Gasteiger partial charge in [-0.1, -0.05) is 61.8 Å². The number of fused-ring (bicyclic) bond motifs is 1. The van der Waals surface area contributed by atoms with Gasteiger partial charge in [0.2, 0.25) is 5.91 Å². The summed E-state index contributed by atoms with van der Waals surface area (Å²) < 4.78 is 0. The van der Waals surface area contributed by atoms with Crippen molar-refractivity contribution in [3.63, 3.8) is 0 Å². The summed E-state index contributed by atoms with van der Waals surface area (Å²) in [5, 5.41) is 12.2. The fourth-order valence-electron chi connectivity index (χ4n) is 4.24. The van der Waals surface area contributed by atoms with Gasteiger partial charge in [0.05, 0.1) is 29.0 Å². The van der Waals surface area contributed by atoms with Gasteiger partial charge in [-0.3, -0.25) is 9.69 Å². The van der Waals surface area contributed by atoms with E-state index in [2.05, 4.69) is 23.7 Å². The molecule has 0 unspecified atom stereocenters. The zero-order valence-electron chi connectivity index (χ0n) is 20.8. The number of aromatic hydroxyl groups is 1. The number of aliphatic imine (C=N–C) groups is 1. The fourth-order valence-corrected chi connectivity index (χ4v) is 4.41. The minimum absolute atomic E-state index is 0.0318. The highest BCUT2D eigenvalue weighted by Gasteiger charge is 2.19. The molecular formula is C29H31ClN4O2. The van der Waals surface area contributed by atoms with Gasteiger partial charge in [-0.25, -0.2) is 4.99 Å². The van der Waals surface area contributed by atoms with Crippen LogP contribution in [0.15, 0.2) is 77.8 Å². The maximum Gasteiger partial charge on any atom is 0.240 e. The third kappa shape index (κ3) is 5.61. The molecule has 2 N–H and O–H groups in total. The first-order valence-electron chi connectivity index (χ1n) is 12.1. The molecule has 0 aliphatic carbocycles. The van der Waals surface area contributed by atoms with Crippen molar-refractivity contribution in [3.05, 3.63) is 88.9 Å². The van der Waals surface area contributed by atoms with Crippen molar-refractivity contribution in [2.75, 3.05) is 31.6 Å². The molecule has 4 rings (SSSR count). The Kier molecular flexibility index (Phi) is 8.08. The monoisotopic (exact) mass is 502 g/mol. The van der Waals surface area contributed by atoms with E-state index in [1.807, 2.05) is 60.7 Å². The molecule has 1 aromatic heterocycles. The fraction of sp³-hybridized carbons (Fsp3) is 0.241. The number of hydrogen-bond donors (Lipinski definition) is 2. The zero-order valence-corrected chi connectivity index (χ0v) is 21.6. The number of likely N-dealkylation sites (N-methyl/N-ethyl adjacent to an activating group) is 2. The summed E-state index contributed by atoms with van der Waals surface area (Å²) in [5.74, 6) is 0.0817. The lowest BCUT2D eigenvalue weighted by atomic mass is 10.0. The van der Waals surface area contributed by atoms with Gasteiger partial charge in [-0.05, 0) is 55.9 Å². The number of nitrogens with zero attached hydrogens (tertiary/aromatic N) is 3. The van der Waals surface area contributed by atoms with Crippen LogP contribution in [0.5, 0.6) is 5.88 Å². The smallest absolute Gasteiger partial charge is 0.240 e. The van der Waals surface area contributed by atoms with Gasteiger partial charge in [0.25, 0.3) is 0 Å². The number of hydrogen-bond acceptors (Lipinski definition) is 4. The number of aromatic nitrogens is 1. The van der Waals surface area contributed by atoms with Crippen LogP contribution in [-0.4, -0.2) is 53.3 Å². The topological polar surface area (TPSA) is 71.9 Å². The first-order chi connectivity index (χ1) is 17.4. The number of halogens is 1. The Morgan fingerprint density at radius 1 is 1.03 bits per heavy atom. The molecule has 4 aromatic rings. The predicted molar refractivity (Wildman–Crippen MR) is 149 cm³/mol. The Bertz CT molecular complexity index is 1360. The molecule has 3 aromatic carbocycles. The molecule has 0 radical (unpaired) electrons. The number of rotatable bonds is 9. The third-order valence-corrected chi connectivity index (χ3v) is 6.46. The van der Waals surface area contributed by atoms with Crippen LogP contribution in [-0.2, 0) is 4.79 Å². The first kappa shape index (κ1) is 25.5. The summed E-state index contributed by atoms with van der Waals surface area (Å²) in [7, 11) is 1.80. The van der Waals surface area contributed by atoms with Crippen molar-refractivity contribution in [2.24, 2.45) is 4.99 Å². The average Bonchev–Trinajstić information content (AvgIpc) is 3.21. The van der Waals surface area contributed by atoms with Crippen molar-refractivity contribution in [1.29, 1.82) is 0 Å². The van der Waals surface area contributed by atoms with Crippen LogP contribution in [0.2, 0.25) is 5.02 Å². The van der Waals surface area contributed by atoms with E-state index in [1.54, 1.807) is 24.1 Å². The summed E-state index contributed by atoms with van der Waals surface area (Å²) in [4.78, 5) is 24.6. The summed E-state index contributed by atoms with van der Waals surface area (Å²) in [6.45, 7) is 6.32. The molecule has 36 heavy (non-hydrogen) atoms. The molecule has 186 valence electrons. The highest BCUT2D eigenvalue weighted by Crippen LogP contribution is 2.33. The second kappa shape index (κ2) is 11.4. The molecule has 0 atom stereocenters. The number of benzene rings is 3. The van der Waals surface area contributed by atoms with Crippen LogP contribution >= 0.6 is 11.6 Å². The zero-order chi connectivity index (χ0) is 25.7. The third-order valence-electron chi connectivity index (χ3n) is 6.22. The molecular weight excluding hydrogens is 472 g/mol. The van der Waals surface area contributed by atoms with E-state index in [-0.39, 0.29) is 11.8 Å². The van der Waals surface area contributed by atoms with E-state index in [0.29, 0.717) is 28.5 Å². The van der Waals surface area contributed by atoms with Crippen molar-refractivity contribution in [3.8, 4) is 5.88 Å². The molecule has 1 heterocycles. The summed E-state index contributed by atoms with van der Waals surface area (Å²) in [6, 6.07) is 22.8. The van der Waals surface area contributed by atoms with Crippen molar-refractivity contribution in [1.82, 2.24) is 9.88 Å². The molecule has 0 saturated heterocycles. The van der Waals surface area contributed by atoms with Crippen LogP contribution < -0.4 is 4.90 Å². The summed E-state index contributed by atoms with van der Waals surface area (Å²) in [6.07, 6.45) is 1.01. The van der Waals surface area contributed by atoms with Gasteiger partial charge in [0.1, 0.15) is 0 Å². The average molecular weight is 503 g/mol. The number of aromatic amines is 1. The molecule has 1 amide bonds. The highest BCUT2D eigenvalue weighted by molar-refractivity contribution is 6.31. The molecule has 0 spiro atoms. The lowest BCUT2D eigenvalue weighted by molar-refractivity contribution is -0.119. The molecule has 0 fully saturated rings. The van der Waals surface area contributed by atoms with E-state index >= 15 is 0 Å². The van der Waals surface area contributed by atoms with E-state index in [1.165, 1.54) is 0 Å². The van der Waals surface area contributed by atoms with Gasteiger partial charge in [0.15, 0.2) is 5.88 Å². The van der Waals surface area contributed by atoms with E-state index in [4.69, 9.17) is 16.6 Å². The van der Waals surface area contributed by atoms with Crippen LogP contribution in [0.25, 0.3) is 10.9 Å². The minimum atomic E-state index is 0.0318. The van der Waals surface area contributed by atoms with Gasteiger partial charge in [-0.2, -0.15) is 0 Å². The first-order valence-corrected chi connectivity index (χ1v) is 12.5. The number of carbonyl (C=O) groups excluding carboxylic acids is 1. The van der Waals surface area contributed by atoms with E-state index in [0.717, 1.165) is 41.7 Å². The van der Waals surface area contributed by atoms with E-state index in [9.17, 15) is 9.90 Å².